The van der Waals surface area contributed by atoms with E-state index >= 15 is 0 Å². The predicted octanol–water partition coefficient (Wildman–Crippen LogP) is 1.55. The third-order valence-corrected chi connectivity index (χ3v) is 2.66. The third kappa shape index (κ3) is 1.67. The summed E-state index contributed by atoms with van der Waals surface area (Å²) in [4.78, 5) is 5.33. The van der Waals surface area contributed by atoms with Gasteiger partial charge in [0.15, 0.2) is 0 Å². The van der Waals surface area contributed by atoms with Crippen molar-refractivity contribution in [1.29, 1.82) is 5.41 Å². The Labute approximate surface area is 85.5 Å². The van der Waals surface area contributed by atoms with Gasteiger partial charge in [-0.25, -0.2) is 4.98 Å². The highest BCUT2D eigenvalue weighted by Crippen LogP contribution is 2.22. The van der Waals surface area contributed by atoms with E-state index in [1.54, 1.807) is 17.5 Å². The lowest BCUT2D eigenvalue weighted by atomic mass is 10.4. The molecule has 0 aliphatic carbocycles. The number of hydrogen-bond donors (Lipinski definition) is 2. The zero-order valence-electron chi connectivity index (χ0n) is 7.47. The van der Waals surface area contributed by atoms with E-state index in [0.717, 1.165) is 10.7 Å². The lowest BCUT2D eigenvalue weighted by Crippen LogP contribution is -2.17. The first kappa shape index (κ1) is 8.96. The van der Waals surface area contributed by atoms with Crippen molar-refractivity contribution in [2.45, 2.75) is 6.54 Å². The van der Waals surface area contributed by atoms with Gasteiger partial charge in [-0.05, 0) is 11.4 Å². The maximum absolute atomic E-state index is 7.23. The van der Waals surface area contributed by atoms with Crippen molar-refractivity contribution in [3.63, 3.8) is 0 Å². The zero-order valence-corrected chi connectivity index (χ0v) is 8.29. The molecule has 3 N–H and O–H groups in total. The fourth-order valence-electron chi connectivity index (χ4n) is 1.25. The molecule has 0 saturated heterocycles. The molecule has 5 heteroatoms. The van der Waals surface area contributed by atoms with Crippen LogP contribution in [0.2, 0.25) is 0 Å². The van der Waals surface area contributed by atoms with Crippen LogP contribution in [-0.2, 0) is 6.54 Å². The minimum absolute atomic E-state index is 0.140. The summed E-state index contributed by atoms with van der Waals surface area (Å²) in [5, 5.41) is 9.23. The summed E-state index contributed by atoms with van der Waals surface area (Å²) in [5.41, 5.74) is 5.34. The normalized spacial score (nSPS) is 10.3. The maximum atomic E-state index is 7.23. The summed E-state index contributed by atoms with van der Waals surface area (Å²) in [6.45, 7) is 0.396. The number of amidine groups is 1. The van der Waals surface area contributed by atoms with E-state index in [1.165, 1.54) is 0 Å². The van der Waals surface area contributed by atoms with Crippen molar-refractivity contribution in [2.75, 3.05) is 0 Å². The number of rotatable bonds is 3. The standard InChI is InChI=1S/C9H10N4S/c10-8(11)6-13-4-3-12-9(13)7-2-1-5-14-7/h1-5H,6H2,(H3,10,11). The van der Waals surface area contributed by atoms with Gasteiger partial charge < -0.3 is 10.3 Å². The van der Waals surface area contributed by atoms with Gasteiger partial charge in [0, 0.05) is 12.4 Å². The topological polar surface area (TPSA) is 67.7 Å². The molecule has 0 unspecified atom stereocenters. The van der Waals surface area contributed by atoms with Crippen molar-refractivity contribution >= 4 is 17.2 Å². The second-order valence-corrected chi connectivity index (χ2v) is 3.83. The quantitative estimate of drug-likeness (QED) is 0.591. The first-order chi connectivity index (χ1) is 6.77. The number of thiophene rings is 1. The molecule has 2 heterocycles. The largest absolute Gasteiger partial charge is 0.386 e. The van der Waals surface area contributed by atoms with Crippen LogP contribution in [0.3, 0.4) is 0 Å². The van der Waals surface area contributed by atoms with Crippen LogP contribution in [0.25, 0.3) is 10.7 Å². The molecule has 14 heavy (non-hydrogen) atoms. The number of nitrogens with one attached hydrogen (secondary N) is 1. The van der Waals surface area contributed by atoms with E-state index in [2.05, 4.69) is 4.98 Å². The average Bonchev–Trinajstić information content (AvgIpc) is 2.70. The molecule has 0 radical (unpaired) electrons. The zero-order chi connectivity index (χ0) is 9.97. The molecular formula is C9H10N4S. The smallest absolute Gasteiger partial charge is 0.150 e. The van der Waals surface area contributed by atoms with E-state index in [4.69, 9.17) is 11.1 Å². The summed E-state index contributed by atoms with van der Waals surface area (Å²) in [7, 11) is 0. The van der Waals surface area contributed by atoms with Gasteiger partial charge in [-0.2, -0.15) is 0 Å². The Balaban J connectivity index is 2.35. The number of nitrogens with zero attached hydrogens (tertiary/aromatic N) is 2. The fourth-order valence-corrected chi connectivity index (χ4v) is 1.99. The maximum Gasteiger partial charge on any atom is 0.150 e. The molecular weight excluding hydrogens is 196 g/mol. The van der Waals surface area contributed by atoms with Gasteiger partial charge in [0.1, 0.15) is 11.7 Å². The minimum Gasteiger partial charge on any atom is -0.386 e. The average molecular weight is 206 g/mol. The molecule has 72 valence electrons. The Hall–Kier alpha value is -1.62. The van der Waals surface area contributed by atoms with E-state index in [9.17, 15) is 0 Å². The van der Waals surface area contributed by atoms with Gasteiger partial charge in [0.25, 0.3) is 0 Å². The molecule has 0 aromatic carbocycles. The first-order valence-electron chi connectivity index (χ1n) is 4.15. The summed E-state index contributed by atoms with van der Waals surface area (Å²) >= 11 is 1.63. The molecule has 2 aromatic heterocycles. The molecule has 0 aliphatic rings. The number of hydrogen-bond acceptors (Lipinski definition) is 3. The van der Waals surface area contributed by atoms with Crippen LogP contribution in [0, 0.1) is 5.41 Å². The Kier molecular flexibility index (Phi) is 2.32. The Morgan fingerprint density at radius 3 is 3.14 bits per heavy atom. The summed E-state index contributed by atoms with van der Waals surface area (Å²) in [5.74, 6) is 1.01. The summed E-state index contributed by atoms with van der Waals surface area (Å²) in [6, 6.07) is 3.98. The molecule has 2 aromatic rings. The molecule has 0 aliphatic heterocycles. The molecule has 0 fully saturated rings. The van der Waals surface area contributed by atoms with E-state index in [1.807, 2.05) is 28.3 Å². The minimum atomic E-state index is 0.140. The highest BCUT2D eigenvalue weighted by atomic mass is 32.1. The van der Waals surface area contributed by atoms with Crippen molar-refractivity contribution in [2.24, 2.45) is 5.73 Å². The van der Waals surface area contributed by atoms with Crippen molar-refractivity contribution < 1.29 is 0 Å². The highest BCUT2D eigenvalue weighted by molar-refractivity contribution is 7.13. The third-order valence-electron chi connectivity index (χ3n) is 1.80. The Morgan fingerprint density at radius 2 is 2.50 bits per heavy atom. The number of aromatic nitrogens is 2. The van der Waals surface area contributed by atoms with Crippen LogP contribution < -0.4 is 5.73 Å². The van der Waals surface area contributed by atoms with E-state index in [-0.39, 0.29) is 5.84 Å². The molecule has 0 atom stereocenters. The second kappa shape index (κ2) is 3.63. The summed E-state index contributed by atoms with van der Waals surface area (Å²) < 4.78 is 1.87. The van der Waals surface area contributed by atoms with Crippen LogP contribution in [0.5, 0.6) is 0 Å². The van der Waals surface area contributed by atoms with Crippen molar-refractivity contribution in [1.82, 2.24) is 9.55 Å². The Morgan fingerprint density at radius 1 is 1.64 bits per heavy atom. The van der Waals surface area contributed by atoms with Gasteiger partial charge in [-0.1, -0.05) is 6.07 Å². The van der Waals surface area contributed by atoms with E-state index in [0.29, 0.717) is 6.54 Å². The molecule has 0 amide bonds. The van der Waals surface area contributed by atoms with Crippen LogP contribution >= 0.6 is 11.3 Å². The fraction of sp³-hybridized carbons (Fsp3) is 0.111. The predicted molar refractivity (Wildman–Crippen MR) is 57.5 cm³/mol. The van der Waals surface area contributed by atoms with Crippen LogP contribution in [0.1, 0.15) is 0 Å². The van der Waals surface area contributed by atoms with Crippen LogP contribution in [-0.4, -0.2) is 15.4 Å². The van der Waals surface area contributed by atoms with Crippen LogP contribution in [0.15, 0.2) is 29.9 Å². The molecule has 0 bridgehead atoms. The van der Waals surface area contributed by atoms with Gasteiger partial charge in [0.2, 0.25) is 0 Å². The molecule has 0 spiro atoms. The summed E-state index contributed by atoms with van der Waals surface area (Å²) in [6.07, 6.45) is 3.55. The van der Waals surface area contributed by atoms with Crippen LogP contribution in [0.4, 0.5) is 0 Å². The SMILES string of the molecule is N=C(N)Cn1ccnc1-c1cccs1. The Bertz CT molecular complexity index is 429. The van der Waals surface area contributed by atoms with Gasteiger partial charge in [-0.15, -0.1) is 11.3 Å². The van der Waals surface area contributed by atoms with Gasteiger partial charge >= 0.3 is 0 Å². The number of nitrogens with two attached hydrogens (primary N) is 1. The highest BCUT2D eigenvalue weighted by Gasteiger charge is 2.06. The first-order valence-corrected chi connectivity index (χ1v) is 5.03. The lowest BCUT2D eigenvalue weighted by molar-refractivity contribution is 0.852. The van der Waals surface area contributed by atoms with Crippen molar-refractivity contribution in [3.8, 4) is 10.7 Å². The molecule has 2 rings (SSSR count). The monoisotopic (exact) mass is 206 g/mol. The molecule has 4 nitrogen and oxygen atoms in total. The number of imidazole rings is 1. The molecule has 0 saturated carbocycles. The lowest BCUT2D eigenvalue weighted by Gasteiger charge is -2.03. The van der Waals surface area contributed by atoms with Gasteiger partial charge in [0.05, 0.1) is 11.4 Å². The second-order valence-electron chi connectivity index (χ2n) is 2.88. The van der Waals surface area contributed by atoms with Gasteiger partial charge in [-0.3, -0.25) is 5.41 Å². The van der Waals surface area contributed by atoms with Crippen molar-refractivity contribution in [3.05, 3.63) is 29.9 Å². The van der Waals surface area contributed by atoms with E-state index < -0.39 is 0 Å².